The highest BCUT2D eigenvalue weighted by Gasteiger charge is 2.31. The Balaban J connectivity index is 2.42. The molecule has 0 bridgehead atoms. The third-order valence-corrected chi connectivity index (χ3v) is 2.82. The van der Waals surface area contributed by atoms with Gasteiger partial charge in [0, 0.05) is 26.1 Å². The molecular formula is C11H19F3N2O2. The molecule has 0 spiro atoms. The number of carbonyl (C=O) groups excluding carboxylic acids is 1. The molecule has 1 fully saturated rings. The molecule has 1 unspecified atom stereocenters. The van der Waals surface area contributed by atoms with Crippen LogP contribution in [0.3, 0.4) is 0 Å². The van der Waals surface area contributed by atoms with E-state index in [-0.39, 0.29) is 25.5 Å². The zero-order valence-corrected chi connectivity index (χ0v) is 10.4. The van der Waals surface area contributed by atoms with Gasteiger partial charge in [-0.3, -0.25) is 9.69 Å². The van der Waals surface area contributed by atoms with Crippen molar-refractivity contribution in [2.45, 2.75) is 32.0 Å². The van der Waals surface area contributed by atoms with Crippen LogP contribution in [-0.2, 0) is 9.53 Å². The standard InChI is InChI=1S/C11H19F3N2O2/c1-2-18-10(17)9-8-15-5-7-16(9)6-3-4-11(12,13)14/h9,15H,2-8H2,1H3. The summed E-state index contributed by atoms with van der Waals surface area (Å²) in [4.78, 5) is 13.4. The molecule has 18 heavy (non-hydrogen) atoms. The Morgan fingerprint density at radius 3 is 2.83 bits per heavy atom. The van der Waals surface area contributed by atoms with E-state index >= 15 is 0 Å². The SMILES string of the molecule is CCOC(=O)C1CNCCN1CCCC(F)(F)F. The van der Waals surface area contributed by atoms with Gasteiger partial charge in [-0.2, -0.15) is 13.2 Å². The molecule has 1 heterocycles. The third-order valence-electron chi connectivity index (χ3n) is 2.82. The first-order valence-corrected chi connectivity index (χ1v) is 6.12. The lowest BCUT2D eigenvalue weighted by atomic mass is 10.1. The van der Waals surface area contributed by atoms with Crippen LogP contribution in [-0.4, -0.2) is 55.9 Å². The second kappa shape index (κ2) is 6.94. The van der Waals surface area contributed by atoms with Crippen LogP contribution in [0.5, 0.6) is 0 Å². The van der Waals surface area contributed by atoms with Crippen LogP contribution in [0.25, 0.3) is 0 Å². The number of hydrogen-bond donors (Lipinski definition) is 1. The van der Waals surface area contributed by atoms with Crippen molar-refractivity contribution in [3.05, 3.63) is 0 Å². The van der Waals surface area contributed by atoms with Crippen molar-refractivity contribution in [1.82, 2.24) is 10.2 Å². The molecular weight excluding hydrogens is 249 g/mol. The van der Waals surface area contributed by atoms with Gasteiger partial charge < -0.3 is 10.1 Å². The fourth-order valence-electron chi connectivity index (χ4n) is 1.97. The number of hydrogen-bond acceptors (Lipinski definition) is 4. The molecule has 1 rings (SSSR count). The first kappa shape index (κ1) is 15.2. The minimum absolute atomic E-state index is 0.0133. The number of halogens is 3. The molecule has 0 radical (unpaired) electrons. The zero-order chi connectivity index (χ0) is 13.6. The van der Waals surface area contributed by atoms with E-state index in [0.717, 1.165) is 0 Å². The lowest BCUT2D eigenvalue weighted by Crippen LogP contribution is -2.55. The van der Waals surface area contributed by atoms with Crippen molar-refractivity contribution in [1.29, 1.82) is 0 Å². The summed E-state index contributed by atoms with van der Waals surface area (Å²) in [6, 6.07) is -0.466. The van der Waals surface area contributed by atoms with Gasteiger partial charge in [-0.25, -0.2) is 0 Å². The number of piperazine rings is 1. The predicted octanol–water partition coefficient (Wildman–Crippen LogP) is 1.17. The summed E-state index contributed by atoms with van der Waals surface area (Å²) < 4.78 is 41.1. The van der Waals surface area contributed by atoms with Crippen LogP contribution in [0.1, 0.15) is 19.8 Å². The van der Waals surface area contributed by atoms with E-state index in [1.165, 1.54) is 0 Å². The van der Waals surface area contributed by atoms with E-state index in [4.69, 9.17) is 4.74 Å². The zero-order valence-electron chi connectivity index (χ0n) is 10.4. The Morgan fingerprint density at radius 2 is 2.22 bits per heavy atom. The maximum atomic E-state index is 12.1. The largest absolute Gasteiger partial charge is 0.465 e. The van der Waals surface area contributed by atoms with Gasteiger partial charge in [-0.05, 0) is 19.9 Å². The van der Waals surface area contributed by atoms with E-state index in [9.17, 15) is 18.0 Å². The van der Waals surface area contributed by atoms with Crippen LogP contribution in [0.15, 0.2) is 0 Å². The Kier molecular flexibility index (Phi) is 5.87. The van der Waals surface area contributed by atoms with Crippen molar-refractivity contribution in [2.24, 2.45) is 0 Å². The van der Waals surface area contributed by atoms with Gasteiger partial charge in [0.05, 0.1) is 6.61 Å². The van der Waals surface area contributed by atoms with Crippen LogP contribution in [0, 0.1) is 0 Å². The average Bonchev–Trinajstić information content (AvgIpc) is 2.28. The maximum Gasteiger partial charge on any atom is 0.389 e. The number of alkyl halides is 3. The van der Waals surface area contributed by atoms with Gasteiger partial charge in [-0.1, -0.05) is 0 Å². The number of nitrogens with zero attached hydrogens (tertiary/aromatic N) is 1. The molecule has 1 saturated heterocycles. The topological polar surface area (TPSA) is 41.6 Å². The van der Waals surface area contributed by atoms with E-state index in [1.54, 1.807) is 11.8 Å². The molecule has 106 valence electrons. The number of esters is 1. The van der Waals surface area contributed by atoms with Gasteiger partial charge in [0.25, 0.3) is 0 Å². The van der Waals surface area contributed by atoms with Gasteiger partial charge in [-0.15, -0.1) is 0 Å². The number of rotatable bonds is 5. The molecule has 1 atom stereocenters. The highest BCUT2D eigenvalue weighted by molar-refractivity contribution is 5.76. The Bertz CT molecular complexity index is 272. The lowest BCUT2D eigenvalue weighted by molar-refractivity contribution is -0.150. The molecule has 0 aromatic carbocycles. The molecule has 7 heteroatoms. The fourth-order valence-corrected chi connectivity index (χ4v) is 1.97. The van der Waals surface area contributed by atoms with Gasteiger partial charge in [0.1, 0.15) is 6.04 Å². The highest BCUT2D eigenvalue weighted by atomic mass is 19.4. The van der Waals surface area contributed by atoms with Gasteiger partial charge in [0.2, 0.25) is 0 Å². The Labute approximate surface area is 104 Å². The molecule has 0 aromatic heterocycles. The molecule has 0 aromatic rings. The smallest absolute Gasteiger partial charge is 0.389 e. The van der Waals surface area contributed by atoms with E-state index in [0.29, 0.717) is 19.6 Å². The summed E-state index contributed by atoms with van der Waals surface area (Å²) in [5, 5.41) is 3.05. The van der Waals surface area contributed by atoms with Crippen molar-refractivity contribution in [3.8, 4) is 0 Å². The molecule has 1 aliphatic rings. The van der Waals surface area contributed by atoms with Crippen molar-refractivity contribution < 1.29 is 22.7 Å². The fraction of sp³-hybridized carbons (Fsp3) is 0.909. The van der Waals surface area contributed by atoms with Gasteiger partial charge in [0.15, 0.2) is 0 Å². The maximum absolute atomic E-state index is 12.1. The van der Waals surface area contributed by atoms with E-state index in [2.05, 4.69) is 5.32 Å². The minimum Gasteiger partial charge on any atom is -0.465 e. The van der Waals surface area contributed by atoms with Crippen molar-refractivity contribution >= 4 is 5.97 Å². The molecule has 1 N–H and O–H groups in total. The second-order valence-electron chi connectivity index (χ2n) is 4.23. The van der Waals surface area contributed by atoms with Crippen LogP contribution >= 0.6 is 0 Å². The monoisotopic (exact) mass is 268 g/mol. The number of carbonyl (C=O) groups is 1. The molecule has 0 aliphatic carbocycles. The van der Waals surface area contributed by atoms with E-state index < -0.39 is 18.6 Å². The molecule has 0 amide bonds. The summed E-state index contributed by atoms with van der Waals surface area (Å²) in [5.74, 6) is -0.364. The van der Waals surface area contributed by atoms with Gasteiger partial charge >= 0.3 is 12.1 Å². The van der Waals surface area contributed by atoms with Crippen molar-refractivity contribution in [3.63, 3.8) is 0 Å². The lowest BCUT2D eigenvalue weighted by Gasteiger charge is -2.34. The average molecular weight is 268 g/mol. The first-order chi connectivity index (χ1) is 8.44. The van der Waals surface area contributed by atoms with Crippen LogP contribution < -0.4 is 5.32 Å². The Hall–Kier alpha value is -0.820. The van der Waals surface area contributed by atoms with Crippen molar-refractivity contribution in [2.75, 3.05) is 32.8 Å². The molecule has 4 nitrogen and oxygen atoms in total. The third kappa shape index (κ3) is 5.22. The minimum atomic E-state index is -4.13. The predicted molar refractivity (Wildman–Crippen MR) is 60.2 cm³/mol. The van der Waals surface area contributed by atoms with E-state index in [1.807, 2.05) is 0 Å². The summed E-state index contributed by atoms with van der Waals surface area (Å²) in [6.45, 7) is 3.95. The normalized spacial score (nSPS) is 21.9. The summed E-state index contributed by atoms with van der Waals surface area (Å²) >= 11 is 0. The Morgan fingerprint density at radius 1 is 1.50 bits per heavy atom. The van der Waals surface area contributed by atoms with Crippen LogP contribution in [0.2, 0.25) is 0 Å². The summed E-state index contributed by atoms with van der Waals surface area (Å²) in [5.41, 5.74) is 0. The molecule has 0 saturated carbocycles. The second-order valence-corrected chi connectivity index (χ2v) is 4.23. The first-order valence-electron chi connectivity index (χ1n) is 6.12. The number of nitrogens with one attached hydrogen (secondary N) is 1. The van der Waals surface area contributed by atoms with Crippen LogP contribution in [0.4, 0.5) is 13.2 Å². The quantitative estimate of drug-likeness (QED) is 0.760. The number of ether oxygens (including phenoxy) is 1. The summed E-state index contributed by atoms with van der Waals surface area (Å²) in [7, 11) is 0. The summed E-state index contributed by atoms with van der Waals surface area (Å²) in [6.07, 6.45) is -4.93. The molecule has 1 aliphatic heterocycles. The highest BCUT2D eigenvalue weighted by Crippen LogP contribution is 2.21.